The fourth-order valence-corrected chi connectivity index (χ4v) is 2.77. The summed E-state index contributed by atoms with van der Waals surface area (Å²) < 4.78 is 13.2. The number of rotatable bonds is 4. The Morgan fingerprint density at radius 1 is 1.20 bits per heavy atom. The fraction of sp³-hybridized carbons (Fsp3) is 0.389. The fourth-order valence-electron chi connectivity index (χ4n) is 2.77. The minimum Gasteiger partial charge on any atom is -0.348 e. The molecule has 1 fully saturated rings. The van der Waals surface area contributed by atoms with Crippen LogP contribution in [0.25, 0.3) is 0 Å². The molecule has 1 aromatic heterocycles. The molecule has 1 aliphatic heterocycles. The molecule has 2 aromatic rings. The van der Waals surface area contributed by atoms with Crippen molar-refractivity contribution < 1.29 is 14.3 Å². The van der Waals surface area contributed by atoms with Crippen LogP contribution in [0.15, 0.2) is 52.2 Å². The van der Waals surface area contributed by atoms with E-state index in [4.69, 9.17) is 9.47 Å². The largest absolute Gasteiger partial charge is 0.348 e. The van der Waals surface area contributed by atoms with Crippen molar-refractivity contribution >= 4 is 5.91 Å². The van der Waals surface area contributed by atoms with Crippen LogP contribution in [-0.2, 0) is 16.0 Å². The maximum atomic E-state index is 12.6. The summed E-state index contributed by atoms with van der Waals surface area (Å²) in [6.07, 6.45) is 1.81. The molecule has 1 aliphatic rings. The van der Waals surface area contributed by atoms with Crippen molar-refractivity contribution in [1.29, 1.82) is 0 Å². The van der Waals surface area contributed by atoms with E-state index in [2.05, 4.69) is 0 Å². The van der Waals surface area contributed by atoms with Gasteiger partial charge in [0.05, 0.1) is 12.7 Å². The molecule has 0 N–H and O–H groups in total. The number of nitrogens with zero attached hydrogens (tertiary/aromatic N) is 2. The summed E-state index contributed by atoms with van der Waals surface area (Å²) in [6.45, 7) is 4.44. The van der Waals surface area contributed by atoms with Gasteiger partial charge in [0.15, 0.2) is 5.79 Å². The van der Waals surface area contributed by atoms with Gasteiger partial charge in [-0.1, -0.05) is 18.2 Å². The van der Waals surface area contributed by atoms with Crippen molar-refractivity contribution in [2.45, 2.75) is 38.7 Å². The minimum atomic E-state index is -0.653. The zero-order valence-corrected chi connectivity index (χ0v) is 14.2. The number of ether oxygens (including phenoxy) is 2. The molecule has 0 radical (unpaired) electrons. The monoisotopic (exact) mass is 344 g/mol. The van der Waals surface area contributed by atoms with Gasteiger partial charge in [-0.25, -0.2) is 4.79 Å². The number of carbonyl (C=O) groups excluding carboxylic acids is 1. The summed E-state index contributed by atoms with van der Waals surface area (Å²) in [5.74, 6) is -1.26. The lowest BCUT2D eigenvalue weighted by Gasteiger charge is -2.17. The molecule has 1 saturated heterocycles. The quantitative estimate of drug-likeness (QED) is 0.834. The van der Waals surface area contributed by atoms with E-state index in [0.29, 0.717) is 24.1 Å². The molecule has 3 rings (SSSR count). The Morgan fingerprint density at radius 3 is 2.56 bits per heavy atom. The Hall–Kier alpha value is -2.51. The minimum absolute atomic E-state index is 0.132. The highest BCUT2D eigenvalue weighted by atomic mass is 16.7. The molecule has 1 aromatic carbocycles. The maximum absolute atomic E-state index is 12.6. The third-order valence-electron chi connectivity index (χ3n) is 4.04. The number of carbonyl (C=O) groups is 1. The molecule has 1 atom stereocenters. The summed E-state index contributed by atoms with van der Waals surface area (Å²) in [6, 6.07) is 9.47. The van der Waals surface area contributed by atoms with Crippen LogP contribution in [0.4, 0.5) is 0 Å². The molecule has 0 spiro atoms. The van der Waals surface area contributed by atoms with Crippen LogP contribution in [0.2, 0.25) is 0 Å². The number of hydrogen-bond donors (Lipinski definition) is 0. The van der Waals surface area contributed by atoms with Gasteiger partial charge in [-0.2, -0.15) is 4.57 Å². The van der Waals surface area contributed by atoms with E-state index in [-0.39, 0.29) is 11.7 Å². The van der Waals surface area contributed by atoms with E-state index in [1.165, 1.54) is 16.8 Å². The van der Waals surface area contributed by atoms with Crippen LogP contribution in [0.1, 0.15) is 30.6 Å². The van der Waals surface area contributed by atoms with Crippen molar-refractivity contribution in [3.8, 4) is 0 Å². The molecule has 0 bridgehead atoms. The molecule has 7 nitrogen and oxygen atoms in total. The molecule has 7 heteroatoms. The molecule has 0 saturated carbocycles. The van der Waals surface area contributed by atoms with Gasteiger partial charge in [0.1, 0.15) is 0 Å². The highest BCUT2D eigenvalue weighted by molar-refractivity contribution is 5.95. The van der Waals surface area contributed by atoms with Crippen LogP contribution < -0.4 is 11.2 Å². The summed E-state index contributed by atoms with van der Waals surface area (Å²) in [7, 11) is 0. The number of benzene rings is 1. The lowest BCUT2D eigenvalue weighted by molar-refractivity contribution is -0.139. The second-order valence-electron chi connectivity index (χ2n) is 6.38. The molecular formula is C18H20N2O5. The average Bonchev–Trinajstić information content (AvgIpc) is 2.94. The first kappa shape index (κ1) is 17.3. The van der Waals surface area contributed by atoms with E-state index >= 15 is 0 Å². The zero-order chi connectivity index (χ0) is 18.0. The topological polar surface area (TPSA) is 79.5 Å². The van der Waals surface area contributed by atoms with E-state index < -0.39 is 22.9 Å². The van der Waals surface area contributed by atoms with E-state index in [1.54, 1.807) is 30.3 Å². The second-order valence-corrected chi connectivity index (χ2v) is 6.38. The Kier molecular flexibility index (Phi) is 4.69. The maximum Gasteiger partial charge on any atom is 0.338 e. The zero-order valence-electron chi connectivity index (χ0n) is 14.2. The smallest absolute Gasteiger partial charge is 0.338 e. The summed E-state index contributed by atoms with van der Waals surface area (Å²) in [5.41, 5.74) is -1.01. The van der Waals surface area contributed by atoms with Crippen molar-refractivity contribution in [2.75, 3.05) is 6.61 Å². The van der Waals surface area contributed by atoms with Gasteiger partial charge < -0.3 is 9.47 Å². The van der Waals surface area contributed by atoms with Gasteiger partial charge in [-0.05, 0) is 32.4 Å². The van der Waals surface area contributed by atoms with Gasteiger partial charge in [0, 0.05) is 24.4 Å². The molecule has 25 heavy (non-hydrogen) atoms. The van der Waals surface area contributed by atoms with Gasteiger partial charge in [0.2, 0.25) is 0 Å². The van der Waals surface area contributed by atoms with E-state index in [9.17, 15) is 14.4 Å². The number of aryl methyl sites for hydroxylation is 1. The molecule has 132 valence electrons. The van der Waals surface area contributed by atoms with Gasteiger partial charge in [-0.3, -0.25) is 14.2 Å². The third kappa shape index (κ3) is 3.78. The Labute approximate surface area is 144 Å². The first-order chi connectivity index (χ1) is 11.9. The van der Waals surface area contributed by atoms with Gasteiger partial charge >= 0.3 is 5.69 Å². The highest BCUT2D eigenvalue weighted by Crippen LogP contribution is 2.24. The van der Waals surface area contributed by atoms with Gasteiger partial charge in [0.25, 0.3) is 11.5 Å². The molecule has 2 heterocycles. The normalized spacial score (nSPS) is 19.0. The van der Waals surface area contributed by atoms with Crippen molar-refractivity contribution in [1.82, 2.24) is 9.13 Å². The highest BCUT2D eigenvalue weighted by Gasteiger charge is 2.32. The lowest BCUT2D eigenvalue weighted by Crippen LogP contribution is -2.43. The number of hydrogen-bond acceptors (Lipinski definition) is 5. The molecule has 0 amide bonds. The van der Waals surface area contributed by atoms with Crippen molar-refractivity contribution in [2.24, 2.45) is 0 Å². The van der Waals surface area contributed by atoms with Crippen LogP contribution in [0, 0.1) is 0 Å². The van der Waals surface area contributed by atoms with Gasteiger partial charge in [-0.15, -0.1) is 0 Å². The lowest BCUT2D eigenvalue weighted by atomic mass is 10.2. The Bertz CT molecular complexity index is 882. The predicted molar refractivity (Wildman–Crippen MR) is 90.7 cm³/mol. The first-order valence-electron chi connectivity index (χ1n) is 8.11. The first-order valence-corrected chi connectivity index (χ1v) is 8.11. The van der Waals surface area contributed by atoms with Crippen LogP contribution >= 0.6 is 0 Å². The summed E-state index contributed by atoms with van der Waals surface area (Å²) >= 11 is 0. The molecular weight excluding hydrogens is 324 g/mol. The summed E-state index contributed by atoms with van der Waals surface area (Å²) in [5, 5.41) is 0. The second kappa shape index (κ2) is 6.78. The standard InChI is InChI=1S/C18H20N2O5/c1-18(2)24-12-14(25-18)8-10-19-11-9-15(21)20(17(19)23)16(22)13-6-4-3-5-7-13/h3-7,9,11,14H,8,10,12H2,1-2H3/t14-/m0/s1. The Morgan fingerprint density at radius 2 is 1.92 bits per heavy atom. The summed E-state index contributed by atoms with van der Waals surface area (Å²) in [4.78, 5) is 37.1. The molecule has 0 aliphatic carbocycles. The Balaban J connectivity index is 1.82. The number of aromatic nitrogens is 2. The van der Waals surface area contributed by atoms with E-state index in [0.717, 1.165) is 0 Å². The SMILES string of the molecule is CC1(C)OC[C@H](CCn2ccc(=O)n(C(=O)c3ccccc3)c2=O)O1. The van der Waals surface area contributed by atoms with Crippen molar-refractivity contribution in [3.05, 3.63) is 69.0 Å². The predicted octanol–water partition coefficient (Wildman–Crippen LogP) is 1.24. The van der Waals surface area contributed by atoms with Crippen LogP contribution in [0.3, 0.4) is 0 Å². The van der Waals surface area contributed by atoms with Crippen LogP contribution in [-0.4, -0.2) is 33.5 Å². The average molecular weight is 344 g/mol. The molecule has 0 unspecified atom stereocenters. The van der Waals surface area contributed by atoms with E-state index in [1.807, 2.05) is 13.8 Å². The van der Waals surface area contributed by atoms with Crippen LogP contribution in [0.5, 0.6) is 0 Å². The third-order valence-corrected chi connectivity index (χ3v) is 4.04. The van der Waals surface area contributed by atoms with Crippen molar-refractivity contribution in [3.63, 3.8) is 0 Å².